The van der Waals surface area contributed by atoms with Crippen LogP contribution >= 0.6 is 27.3 Å². The molecule has 2 aromatic rings. The van der Waals surface area contributed by atoms with Crippen LogP contribution in [0.15, 0.2) is 28.1 Å². The van der Waals surface area contributed by atoms with Gasteiger partial charge in [0.2, 0.25) is 0 Å². The van der Waals surface area contributed by atoms with Crippen molar-refractivity contribution in [2.45, 2.75) is 13.0 Å². The van der Waals surface area contributed by atoms with Gasteiger partial charge >= 0.3 is 0 Å². The van der Waals surface area contributed by atoms with Crippen LogP contribution in [0.5, 0.6) is 0 Å². The van der Waals surface area contributed by atoms with E-state index in [1.807, 2.05) is 18.4 Å². The first kappa shape index (κ1) is 14.9. The summed E-state index contributed by atoms with van der Waals surface area (Å²) in [4.78, 5) is 12.0. The van der Waals surface area contributed by atoms with Crippen molar-refractivity contribution >= 4 is 38.9 Å². The lowest BCUT2D eigenvalue weighted by atomic mass is 10.1. The van der Waals surface area contributed by atoms with Gasteiger partial charge in [-0.2, -0.15) is 0 Å². The van der Waals surface area contributed by atoms with Crippen LogP contribution in [-0.4, -0.2) is 5.91 Å². The molecule has 3 N–H and O–H groups in total. The zero-order chi connectivity index (χ0) is 14.9. The summed E-state index contributed by atoms with van der Waals surface area (Å²) in [6.07, 6.45) is 0. The second kappa shape index (κ2) is 5.88. The summed E-state index contributed by atoms with van der Waals surface area (Å²) in [6.45, 7) is 1.84. The van der Waals surface area contributed by atoms with Crippen molar-refractivity contribution in [3.05, 3.63) is 50.1 Å². The molecule has 1 unspecified atom stereocenters. The van der Waals surface area contributed by atoms with E-state index >= 15 is 0 Å². The Kier molecular flexibility index (Phi) is 4.39. The molecule has 0 fully saturated rings. The van der Waals surface area contributed by atoms with Crippen LogP contribution < -0.4 is 11.1 Å². The van der Waals surface area contributed by atoms with Crippen LogP contribution in [0.4, 0.5) is 14.5 Å². The average molecular weight is 361 g/mol. The summed E-state index contributed by atoms with van der Waals surface area (Å²) in [7, 11) is 0. The van der Waals surface area contributed by atoms with Gasteiger partial charge in [0.05, 0.1) is 17.3 Å². The van der Waals surface area contributed by atoms with Gasteiger partial charge in [-0.25, -0.2) is 8.78 Å². The maximum absolute atomic E-state index is 13.7. The number of benzene rings is 1. The number of carbonyl (C=O) groups is 1. The van der Waals surface area contributed by atoms with Crippen molar-refractivity contribution in [3.8, 4) is 0 Å². The number of nitrogens with two attached hydrogens (primary N) is 1. The van der Waals surface area contributed by atoms with Crippen LogP contribution in [-0.2, 0) is 0 Å². The molecule has 0 saturated heterocycles. The highest BCUT2D eigenvalue weighted by Gasteiger charge is 2.16. The summed E-state index contributed by atoms with van der Waals surface area (Å²) in [5, 5.41) is 4.81. The van der Waals surface area contributed by atoms with E-state index in [0.717, 1.165) is 15.4 Å². The number of rotatable bonds is 4. The van der Waals surface area contributed by atoms with Crippen molar-refractivity contribution in [2.75, 3.05) is 5.32 Å². The van der Waals surface area contributed by atoms with Gasteiger partial charge in [-0.05, 0) is 35.0 Å². The van der Waals surface area contributed by atoms with E-state index in [2.05, 4.69) is 21.2 Å². The number of thiophene rings is 1. The molecule has 20 heavy (non-hydrogen) atoms. The first-order valence-corrected chi connectivity index (χ1v) is 7.35. The highest BCUT2D eigenvalue weighted by molar-refractivity contribution is 9.10. The highest BCUT2D eigenvalue weighted by atomic mass is 79.9. The summed E-state index contributed by atoms with van der Waals surface area (Å²) in [6, 6.07) is 3.46. The van der Waals surface area contributed by atoms with Crippen molar-refractivity contribution in [2.24, 2.45) is 5.73 Å². The van der Waals surface area contributed by atoms with Crippen molar-refractivity contribution in [1.82, 2.24) is 0 Å². The molecule has 1 aromatic heterocycles. The fourth-order valence-electron chi connectivity index (χ4n) is 1.71. The van der Waals surface area contributed by atoms with Gasteiger partial charge in [-0.15, -0.1) is 11.3 Å². The molecule has 0 aliphatic carbocycles. The topological polar surface area (TPSA) is 55.1 Å². The Bertz CT molecular complexity index is 660. The highest BCUT2D eigenvalue weighted by Crippen LogP contribution is 2.29. The maximum Gasteiger partial charge on any atom is 0.251 e. The van der Waals surface area contributed by atoms with Gasteiger partial charge in [0.25, 0.3) is 5.91 Å². The molecule has 7 heteroatoms. The molecule has 1 amide bonds. The summed E-state index contributed by atoms with van der Waals surface area (Å²) >= 11 is 4.84. The minimum Gasteiger partial charge on any atom is -0.375 e. The zero-order valence-electron chi connectivity index (χ0n) is 10.4. The van der Waals surface area contributed by atoms with E-state index in [9.17, 15) is 13.6 Å². The van der Waals surface area contributed by atoms with E-state index in [1.54, 1.807) is 0 Å². The first-order valence-electron chi connectivity index (χ1n) is 5.67. The van der Waals surface area contributed by atoms with Gasteiger partial charge < -0.3 is 11.1 Å². The van der Waals surface area contributed by atoms with Gasteiger partial charge in [0, 0.05) is 20.8 Å². The maximum atomic E-state index is 13.7. The normalized spacial score (nSPS) is 12.2. The molecule has 0 aliphatic rings. The van der Waals surface area contributed by atoms with Crippen LogP contribution in [0.25, 0.3) is 0 Å². The van der Waals surface area contributed by atoms with Gasteiger partial charge in [-0.1, -0.05) is 0 Å². The van der Waals surface area contributed by atoms with Crippen LogP contribution in [0.3, 0.4) is 0 Å². The second-order valence-electron chi connectivity index (χ2n) is 4.21. The predicted molar refractivity (Wildman–Crippen MR) is 78.9 cm³/mol. The van der Waals surface area contributed by atoms with E-state index in [-0.39, 0.29) is 17.3 Å². The van der Waals surface area contributed by atoms with Crippen LogP contribution in [0.1, 0.15) is 28.2 Å². The van der Waals surface area contributed by atoms with E-state index in [4.69, 9.17) is 5.73 Å². The third-order valence-corrected chi connectivity index (χ3v) is 4.58. The SMILES string of the molecule is CC(Nc1cc(C(N)=O)c(F)cc1F)c1cc(Br)cs1. The van der Waals surface area contributed by atoms with Crippen LogP contribution in [0.2, 0.25) is 0 Å². The number of nitrogens with one attached hydrogen (secondary N) is 1. The number of anilines is 1. The minimum absolute atomic E-state index is 0.0391. The smallest absolute Gasteiger partial charge is 0.251 e. The monoisotopic (exact) mass is 360 g/mol. The van der Waals surface area contributed by atoms with Crippen molar-refractivity contribution < 1.29 is 13.6 Å². The van der Waals surface area contributed by atoms with E-state index in [1.165, 1.54) is 11.3 Å². The lowest BCUT2D eigenvalue weighted by molar-refractivity contribution is 0.0996. The average Bonchev–Trinajstić information content (AvgIpc) is 2.79. The molecule has 1 aromatic carbocycles. The number of hydrogen-bond acceptors (Lipinski definition) is 3. The summed E-state index contributed by atoms with van der Waals surface area (Å²) in [5.74, 6) is -2.67. The Morgan fingerprint density at radius 3 is 2.60 bits per heavy atom. The standard InChI is InChI=1S/C13H11BrF2N2OS/c1-6(12-2-7(14)5-20-12)18-11-3-8(13(17)19)9(15)4-10(11)16/h2-6,18H,1H3,(H2,17,19). The van der Waals surface area contributed by atoms with Crippen molar-refractivity contribution in [3.63, 3.8) is 0 Å². The fourth-order valence-corrected chi connectivity index (χ4v) is 3.16. The molecule has 2 rings (SSSR count). The molecule has 0 radical (unpaired) electrons. The number of halogens is 3. The molecule has 1 atom stereocenters. The first-order chi connectivity index (χ1) is 9.38. The summed E-state index contributed by atoms with van der Waals surface area (Å²) < 4.78 is 28.0. The Balaban J connectivity index is 2.29. The zero-order valence-corrected chi connectivity index (χ0v) is 12.8. The Labute approximate surface area is 126 Å². The minimum atomic E-state index is -0.966. The molecular weight excluding hydrogens is 350 g/mol. The lowest BCUT2D eigenvalue weighted by Gasteiger charge is -2.15. The molecule has 0 spiro atoms. The number of primary amides is 1. The van der Waals surface area contributed by atoms with E-state index in [0.29, 0.717) is 6.07 Å². The largest absolute Gasteiger partial charge is 0.375 e. The third kappa shape index (κ3) is 3.16. The molecule has 106 valence electrons. The fraction of sp³-hybridized carbons (Fsp3) is 0.154. The summed E-state index contributed by atoms with van der Waals surface area (Å²) in [5.41, 5.74) is 4.75. The predicted octanol–water partition coefficient (Wildman–Crippen LogP) is 4.06. The Morgan fingerprint density at radius 1 is 1.35 bits per heavy atom. The number of hydrogen-bond donors (Lipinski definition) is 2. The van der Waals surface area contributed by atoms with Gasteiger partial charge in [-0.3, -0.25) is 4.79 Å². The van der Waals surface area contributed by atoms with Gasteiger partial charge in [0.1, 0.15) is 11.6 Å². The Morgan fingerprint density at radius 2 is 2.05 bits per heavy atom. The molecule has 0 saturated carbocycles. The molecular formula is C13H11BrF2N2OS. The molecule has 0 aliphatic heterocycles. The second-order valence-corrected chi connectivity index (χ2v) is 6.07. The Hall–Kier alpha value is -1.47. The van der Waals surface area contributed by atoms with Crippen molar-refractivity contribution in [1.29, 1.82) is 0 Å². The molecule has 3 nitrogen and oxygen atoms in total. The lowest BCUT2D eigenvalue weighted by Crippen LogP contribution is -2.15. The quantitative estimate of drug-likeness (QED) is 0.863. The third-order valence-electron chi connectivity index (χ3n) is 2.71. The number of carbonyl (C=O) groups excluding carboxylic acids is 1. The van der Waals surface area contributed by atoms with Gasteiger partial charge in [0.15, 0.2) is 0 Å². The van der Waals surface area contributed by atoms with Crippen LogP contribution in [0, 0.1) is 11.6 Å². The number of amides is 1. The van der Waals surface area contributed by atoms with E-state index < -0.39 is 17.5 Å². The molecule has 1 heterocycles. The molecule has 0 bridgehead atoms.